The molecule has 3 aromatic rings. The molecular formula is C26H25BrO6. The molecule has 0 fully saturated rings. The van der Waals surface area contributed by atoms with Gasteiger partial charge in [-0.25, -0.2) is 9.59 Å². The van der Waals surface area contributed by atoms with Crippen LogP contribution in [0, 0.1) is 0 Å². The van der Waals surface area contributed by atoms with Gasteiger partial charge in [0, 0.05) is 11.6 Å². The molecule has 7 heteroatoms. The van der Waals surface area contributed by atoms with E-state index in [9.17, 15) is 9.59 Å². The van der Waals surface area contributed by atoms with Crippen LogP contribution in [0.1, 0.15) is 32.7 Å². The normalized spacial score (nSPS) is 10.5. The van der Waals surface area contributed by atoms with E-state index in [1.54, 1.807) is 43.5 Å². The van der Waals surface area contributed by atoms with Gasteiger partial charge < -0.3 is 18.9 Å². The summed E-state index contributed by atoms with van der Waals surface area (Å²) in [6.07, 6.45) is 1.55. The zero-order valence-electron chi connectivity index (χ0n) is 18.3. The van der Waals surface area contributed by atoms with Gasteiger partial charge >= 0.3 is 11.9 Å². The van der Waals surface area contributed by atoms with E-state index in [0.29, 0.717) is 35.6 Å². The Kier molecular flexibility index (Phi) is 9.47. The predicted molar refractivity (Wildman–Crippen MR) is 128 cm³/mol. The number of carbonyl (C=O) groups is 2. The molecule has 0 unspecified atom stereocenters. The number of carbonyl (C=O) groups excluding carboxylic acids is 2. The van der Waals surface area contributed by atoms with Crippen molar-refractivity contribution in [2.45, 2.75) is 12.8 Å². The van der Waals surface area contributed by atoms with Crippen LogP contribution in [0.2, 0.25) is 0 Å². The maximum absolute atomic E-state index is 12.8. The number of halogens is 1. The molecule has 0 atom stereocenters. The molecule has 172 valence electrons. The fraction of sp³-hybridized carbons (Fsp3) is 0.231. The molecule has 0 N–H and O–H groups in total. The Hall–Kier alpha value is -3.16. The number of benzene rings is 3. The Bertz CT molecular complexity index is 1070. The molecular weight excluding hydrogens is 488 g/mol. The topological polar surface area (TPSA) is 71.1 Å². The van der Waals surface area contributed by atoms with Crippen molar-refractivity contribution >= 4 is 27.9 Å². The molecule has 0 heterocycles. The maximum Gasteiger partial charge on any atom is 0.347 e. The molecule has 0 aliphatic heterocycles. The molecule has 0 aliphatic rings. The van der Waals surface area contributed by atoms with Gasteiger partial charge in [0.1, 0.15) is 23.7 Å². The molecule has 33 heavy (non-hydrogen) atoms. The average Bonchev–Trinajstić information content (AvgIpc) is 2.83. The highest BCUT2D eigenvalue weighted by atomic mass is 79.9. The molecule has 0 saturated carbocycles. The minimum Gasteiger partial charge on any atom is -0.490 e. The zero-order valence-corrected chi connectivity index (χ0v) is 19.9. The molecule has 0 saturated heterocycles. The van der Waals surface area contributed by atoms with Crippen LogP contribution in [0.4, 0.5) is 0 Å². The lowest BCUT2D eigenvalue weighted by Crippen LogP contribution is -2.13. The lowest BCUT2D eigenvalue weighted by molar-refractivity contribution is 0.0498. The second-order valence-corrected chi connectivity index (χ2v) is 8.04. The van der Waals surface area contributed by atoms with E-state index in [1.165, 1.54) is 11.6 Å². The van der Waals surface area contributed by atoms with Crippen LogP contribution in [-0.2, 0) is 15.9 Å². The van der Waals surface area contributed by atoms with Crippen LogP contribution in [0.15, 0.2) is 77.3 Å². The number of rotatable bonds is 11. The fourth-order valence-corrected chi connectivity index (χ4v) is 3.40. The average molecular weight is 513 g/mol. The number of ether oxygens (including phenoxy) is 4. The summed E-state index contributed by atoms with van der Waals surface area (Å²) in [5, 5.41) is 0. The predicted octanol–water partition coefficient (Wildman–Crippen LogP) is 5.48. The Balaban J connectivity index is 1.58. The van der Waals surface area contributed by atoms with E-state index in [-0.39, 0.29) is 11.3 Å². The first-order valence-electron chi connectivity index (χ1n) is 10.5. The van der Waals surface area contributed by atoms with Crippen molar-refractivity contribution < 1.29 is 28.5 Å². The summed E-state index contributed by atoms with van der Waals surface area (Å²) in [6, 6.07) is 21.4. The van der Waals surface area contributed by atoms with Crippen LogP contribution in [-0.4, -0.2) is 38.9 Å². The van der Waals surface area contributed by atoms with Gasteiger partial charge in [-0.15, -0.1) is 0 Å². The largest absolute Gasteiger partial charge is 0.490 e. The highest BCUT2D eigenvalue weighted by molar-refractivity contribution is 9.10. The summed E-state index contributed by atoms with van der Waals surface area (Å²) >= 11 is 3.36. The third-order valence-electron chi connectivity index (χ3n) is 4.67. The minimum atomic E-state index is -0.600. The summed E-state index contributed by atoms with van der Waals surface area (Å²) in [4.78, 5) is 25.2. The summed E-state index contributed by atoms with van der Waals surface area (Å²) in [6.45, 7) is 0.988. The minimum absolute atomic E-state index is 0.238. The van der Waals surface area contributed by atoms with Crippen molar-refractivity contribution in [2.75, 3.05) is 26.9 Å². The fourth-order valence-electron chi connectivity index (χ4n) is 3.04. The first kappa shape index (κ1) is 24.5. The Labute approximate surface area is 201 Å². The van der Waals surface area contributed by atoms with Gasteiger partial charge in [-0.1, -0.05) is 52.3 Å². The van der Waals surface area contributed by atoms with Crippen molar-refractivity contribution in [1.82, 2.24) is 0 Å². The first-order chi connectivity index (χ1) is 16.1. The van der Waals surface area contributed by atoms with Crippen LogP contribution in [0.25, 0.3) is 0 Å². The lowest BCUT2D eigenvalue weighted by atomic mass is 10.1. The van der Waals surface area contributed by atoms with Gasteiger partial charge in [-0.05, 0) is 54.8 Å². The molecule has 6 nitrogen and oxygen atoms in total. The van der Waals surface area contributed by atoms with E-state index in [4.69, 9.17) is 18.9 Å². The van der Waals surface area contributed by atoms with E-state index in [1.807, 2.05) is 30.3 Å². The molecule has 3 aromatic carbocycles. The number of hydrogen-bond acceptors (Lipinski definition) is 6. The maximum atomic E-state index is 12.8. The lowest BCUT2D eigenvalue weighted by Gasteiger charge is -2.12. The van der Waals surface area contributed by atoms with Crippen LogP contribution >= 0.6 is 15.9 Å². The van der Waals surface area contributed by atoms with E-state index in [0.717, 1.165) is 12.8 Å². The van der Waals surface area contributed by atoms with Gasteiger partial charge in [0.15, 0.2) is 0 Å². The quantitative estimate of drug-likeness (QED) is 0.192. The van der Waals surface area contributed by atoms with Crippen molar-refractivity contribution in [2.24, 2.45) is 0 Å². The van der Waals surface area contributed by atoms with E-state index < -0.39 is 11.9 Å². The van der Waals surface area contributed by atoms with Gasteiger partial charge in [0.25, 0.3) is 0 Å². The number of esters is 2. The van der Waals surface area contributed by atoms with Crippen molar-refractivity contribution in [3.8, 4) is 11.5 Å². The third-order valence-corrected chi connectivity index (χ3v) is 5.17. The molecule has 0 radical (unpaired) electrons. The molecule has 0 aliphatic carbocycles. The molecule has 0 aromatic heterocycles. The Morgan fingerprint density at radius 3 is 2.45 bits per heavy atom. The summed E-state index contributed by atoms with van der Waals surface area (Å²) in [5.74, 6) is -0.445. The highest BCUT2D eigenvalue weighted by Crippen LogP contribution is 2.25. The Morgan fingerprint density at radius 2 is 1.67 bits per heavy atom. The van der Waals surface area contributed by atoms with E-state index in [2.05, 4.69) is 15.9 Å². The van der Waals surface area contributed by atoms with Crippen molar-refractivity contribution in [1.29, 1.82) is 0 Å². The van der Waals surface area contributed by atoms with Crippen LogP contribution in [0.5, 0.6) is 11.5 Å². The van der Waals surface area contributed by atoms with Crippen molar-refractivity contribution in [3.63, 3.8) is 0 Å². The monoisotopic (exact) mass is 512 g/mol. The zero-order chi connectivity index (χ0) is 23.5. The highest BCUT2D eigenvalue weighted by Gasteiger charge is 2.17. The van der Waals surface area contributed by atoms with Gasteiger partial charge in [0.2, 0.25) is 0 Å². The van der Waals surface area contributed by atoms with Gasteiger partial charge in [-0.3, -0.25) is 0 Å². The summed E-state index contributed by atoms with van der Waals surface area (Å²) in [5.41, 5.74) is 1.76. The Morgan fingerprint density at radius 1 is 0.848 bits per heavy atom. The molecule has 0 amide bonds. The van der Waals surface area contributed by atoms with Crippen LogP contribution < -0.4 is 9.47 Å². The smallest absolute Gasteiger partial charge is 0.347 e. The molecule has 0 spiro atoms. The standard InChI is InChI=1S/C26H25BrO6/c1-30-15-16-31-24-13-12-21(27)18-23(24)26(29)33-22-11-5-10-20(17-22)25(28)32-14-6-9-19-7-3-2-4-8-19/h2-5,7-8,10-13,17-18H,6,9,14-16H2,1H3. The third kappa shape index (κ3) is 7.73. The number of methoxy groups -OCH3 is 1. The first-order valence-corrected chi connectivity index (χ1v) is 11.3. The second-order valence-electron chi connectivity index (χ2n) is 7.12. The second kappa shape index (κ2) is 12.8. The number of aryl methyl sites for hydroxylation is 1. The van der Waals surface area contributed by atoms with Crippen molar-refractivity contribution in [3.05, 3.63) is 94.0 Å². The molecule has 0 bridgehead atoms. The van der Waals surface area contributed by atoms with Crippen LogP contribution in [0.3, 0.4) is 0 Å². The summed E-state index contributed by atoms with van der Waals surface area (Å²) < 4.78 is 22.2. The summed E-state index contributed by atoms with van der Waals surface area (Å²) in [7, 11) is 1.57. The molecule has 3 rings (SSSR count). The van der Waals surface area contributed by atoms with Gasteiger partial charge in [0.05, 0.1) is 18.8 Å². The number of hydrogen-bond donors (Lipinski definition) is 0. The van der Waals surface area contributed by atoms with E-state index >= 15 is 0 Å². The van der Waals surface area contributed by atoms with Gasteiger partial charge in [-0.2, -0.15) is 0 Å². The SMILES string of the molecule is COCCOc1ccc(Br)cc1C(=O)Oc1cccc(C(=O)OCCCc2ccccc2)c1.